The van der Waals surface area contributed by atoms with Gasteiger partial charge in [0.2, 0.25) is 10.0 Å². The molecule has 118 valence electrons. The second kappa shape index (κ2) is 6.29. The first-order valence-corrected chi connectivity index (χ1v) is 8.52. The van der Waals surface area contributed by atoms with Crippen LogP contribution in [-0.2, 0) is 10.0 Å². The van der Waals surface area contributed by atoms with E-state index < -0.39 is 15.8 Å². The summed E-state index contributed by atoms with van der Waals surface area (Å²) in [6.45, 7) is 3.75. The number of hydrogen-bond acceptors (Lipinski definition) is 4. The molecule has 0 saturated carbocycles. The maximum absolute atomic E-state index is 14.0. The minimum Gasteiger partial charge on any atom is -0.399 e. The summed E-state index contributed by atoms with van der Waals surface area (Å²) in [6, 6.07) is 2.59. The number of likely N-dealkylation sites (tertiary alicyclic amines) is 1. The van der Waals surface area contributed by atoms with E-state index in [1.165, 1.54) is 19.1 Å². The Balaban J connectivity index is 2.09. The van der Waals surface area contributed by atoms with E-state index in [4.69, 9.17) is 5.73 Å². The summed E-state index contributed by atoms with van der Waals surface area (Å²) in [5, 5.41) is 0. The number of aryl methyl sites for hydroxylation is 1. The summed E-state index contributed by atoms with van der Waals surface area (Å²) in [5.41, 5.74) is 6.09. The van der Waals surface area contributed by atoms with Crippen LogP contribution in [0.4, 0.5) is 10.1 Å². The number of nitrogen functional groups attached to an aromatic ring is 1. The average Bonchev–Trinajstić information content (AvgIpc) is 2.42. The molecule has 1 fully saturated rings. The second-order valence-electron chi connectivity index (χ2n) is 5.75. The van der Waals surface area contributed by atoms with Crippen molar-refractivity contribution in [3.63, 3.8) is 0 Å². The maximum atomic E-state index is 14.0. The molecule has 2 rings (SSSR count). The SMILES string of the molecule is Cc1cc(N)cc(S(=O)(=O)NCC2CCN(C)CC2)c1F. The standard InChI is InChI=1S/C14H22FN3O2S/c1-10-7-12(16)8-13(14(10)15)21(19,20)17-9-11-3-5-18(2)6-4-11/h7-8,11,17H,3-6,9,16H2,1-2H3. The van der Waals surface area contributed by atoms with Crippen LogP contribution in [0.2, 0.25) is 0 Å². The minimum absolute atomic E-state index is 0.231. The van der Waals surface area contributed by atoms with Crippen molar-refractivity contribution in [3.8, 4) is 0 Å². The molecule has 7 heteroatoms. The predicted molar refractivity (Wildman–Crippen MR) is 81.0 cm³/mol. The monoisotopic (exact) mass is 315 g/mol. The van der Waals surface area contributed by atoms with Gasteiger partial charge in [-0.15, -0.1) is 0 Å². The molecule has 0 aromatic heterocycles. The van der Waals surface area contributed by atoms with Crippen LogP contribution in [0, 0.1) is 18.7 Å². The lowest BCUT2D eigenvalue weighted by molar-refractivity contribution is 0.220. The van der Waals surface area contributed by atoms with Crippen LogP contribution in [0.15, 0.2) is 17.0 Å². The van der Waals surface area contributed by atoms with Crippen molar-refractivity contribution in [3.05, 3.63) is 23.5 Å². The molecular weight excluding hydrogens is 293 g/mol. The van der Waals surface area contributed by atoms with E-state index in [1.54, 1.807) is 0 Å². The maximum Gasteiger partial charge on any atom is 0.243 e. The van der Waals surface area contributed by atoms with Crippen molar-refractivity contribution >= 4 is 15.7 Å². The van der Waals surface area contributed by atoms with E-state index in [-0.39, 0.29) is 16.1 Å². The third kappa shape index (κ3) is 3.93. The molecule has 3 N–H and O–H groups in total. The Kier molecular flexibility index (Phi) is 4.85. The molecule has 1 aliphatic heterocycles. The molecule has 0 aliphatic carbocycles. The number of anilines is 1. The summed E-state index contributed by atoms with van der Waals surface area (Å²) >= 11 is 0. The highest BCUT2D eigenvalue weighted by atomic mass is 32.2. The summed E-state index contributed by atoms with van der Waals surface area (Å²) in [5.74, 6) is -0.443. The quantitative estimate of drug-likeness (QED) is 0.822. The lowest BCUT2D eigenvalue weighted by atomic mass is 9.98. The van der Waals surface area contributed by atoms with E-state index in [1.807, 2.05) is 7.05 Å². The molecule has 21 heavy (non-hydrogen) atoms. The first-order chi connectivity index (χ1) is 9.79. The summed E-state index contributed by atoms with van der Waals surface area (Å²) in [6.07, 6.45) is 1.88. The molecule has 1 saturated heterocycles. The van der Waals surface area contributed by atoms with E-state index >= 15 is 0 Å². The first kappa shape index (κ1) is 16.2. The largest absolute Gasteiger partial charge is 0.399 e. The minimum atomic E-state index is -3.87. The van der Waals surface area contributed by atoms with Crippen molar-refractivity contribution in [1.82, 2.24) is 9.62 Å². The van der Waals surface area contributed by atoms with Crippen LogP contribution in [0.1, 0.15) is 18.4 Å². The summed E-state index contributed by atoms with van der Waals surface area (Å²) < 4.78 is 41.0. The molecule has 0 bridgehead atoms. The number of piperidine rings is 1. The second-order valence-corrected chi connectivity index (χ2v) is 7.48. The number of benzene rings is 1. The van der Waals surface area contributed by atoms with Crippen LogP contribution in [0.3, 0.4) is 0 Å². The highest BCUT2D eigenvalue weighted by molar-refractivity contribution is 7.89. The van der Waals surface area contributed by atoms with Crippen LogP contribution < -0.4 is 10.5 Å². The Morgan fingerprint density at radius 3 is 2.62 bits per heavy atom. The zero-order valence-electron chi connectivity index (χ0n) is 12.4. The van der Waals surface area contributed by atoms with Crippen LogP contribution in [0.25, 0.3) is 0 Å². The average molecular weight is 315 g/mol. The molecular formula is C14H22FN3O2S. The number of hydrogen-bond donors (Lipinski definition) is 2. The predicted octanol–water partition coefficient (Wildman–Crippen LogP) is 1.34. The molecule has 0 amide bonds. The number of nitrogens with zero attached hydrogens (tertiary/aromatic N) is 1. The normalized spacial score (nSPS) is 18.0. The molecule has 1 heterocycles. The first-order valence-electron chi connectivity index (χ1n) is 7.03. The highest BCUT2D eigenvalue weighted by Crippen LogP contribution is 2.22. The Morgan fingerprint density at radius 2 is 2.00 bits per heavy atom. The van der Waals surface area contributed by atoms with Crippen molar-refractivity contribution in [1.29, 1.82) is 0 Å². The zero-order chi connectivity index (χ0) is 15.6. The van der Waals surface area contributed by atoms with E-state index in [2.05, 4.69) is 9.62 Å². The Bertz CT molecular complexity index is 611. The van der Waals surface area contributed by atoms with Gasteiger partial charge in [0.1, 0.15) is 10.7 Å². The molecule has 1 aromatic carbocycles. The molecule has 5 nitrogen and oxygen atoms in total. The van der Waals surface area contributed by atoms with Gasteiger partial charge in [0.25, 0.3) is 0 Å². The highest BCUT2D eigenvalue weighted by Gasteiger charge is 2.23. The third-order valence-corrected chi connectivity index (χ3v) is 5.36. The van der Waals surface area contributed by atoms with Gasteiger partial charge in [-0.2, -0.15) is 0 Å². The van der Waals surface area contributed by atoms with Crippen LogP contribution in [0.5, 0.6) is 0 Å². The van der Waals surface area contributed by atoms with Gasteiger partial charge in [-0.1, -0.05) is 0 Å². The van der Waals surface area contributed by atoms with Gasteiger partial charge < -0.3 is 10.6 Å². The van der Waals surface area contributed by atoms with E-state index in [0.29, 0.717) is 12.5 Å². The van der Waals surface area contributed by atoms with Crippen molar-refractivity contribution in [2.45, 2.75) is 24.7 Å². The molecule has 1 aliphatic rings. The number of rotatable bonds is 4. The smallest absolute Gasteiger partial charge is 0.243 e. The van der Waals surface area contributed by atoms with Crippen molar-refractivity contribution < 1.29 is 12.8 Å². The number of nitrogens with one attached hydrogen (secondary N) is 1. The lowest BCUT2D eigenvalue weighted by Crippen LogP contribution is -2.37. The van der Waals surface area contributed by atoms with E-state index in [0.717, 1.165) is 25.9 Å². The fraction of sp³-hybridized carbons (Fsp3) is 0.571. The molecule has 0 atom stereocenters. The number of halogens is 1. The van der Waals surface area contributed by atoms with Gasteiger partial charge in [0.05, 0.1) is 0 Å². The molecule has 0 unspecified atom stereocenters. The number of sulfonamides is 1. The van der Waals surface area contributed by atoms with Gasteiger partial charge in [-0.25, -0.2) is 17.5 Å². The Labute approximate surface area is 125 Å². The lowest BCUT2D eigenvalue weighted by Gasteiger charge is -2.28. The molecule has 0 radical (unpaired) electrons. The summed E-state index contributed by atoms with van der Waals surface area (Å²) in [4.78, 5) is 1.85. The van der Waals surface area contributed by atoms with Crippen LogP contribution in [-0.4, -0.2) is 40.0 Å². The van der Waals surface area contributed by atoms with Gasteiger partial charge in [-0.05, 0) is 63.5 Å². The Hall–Kier alpha value is -1.18. The topological polar surface area (TPSA) is 75.4 Å². The van der Waals surface area contributed by atoms with Crippen LogP contribution >= 0.6 is 0 Å². The Morgan fingerprint density at radius 1 is 1.38 bits per heavy atom. The zero-order valence-corrected chi connectivity index (χ0v) is 13.2. The van der Waals surface area contributed by atoms with Crippen molar-refractivity contribution in [2.24, 2.45) is 5.92 Å². The van der Waals surface area contributed by atoms with Crippen molar-refractivity contribution in [2.75, 3.05) is 32.4 Å². The van der Waals surface area contributed by atoms with Gasteiger partial charge >= 0.3 is 0 Å². The summed E-state index contributed by atoms with van der Waals surface area (Å²) in [7, 11) is -1.82. The third-order valence-electron chi connectivity index (χ3n) is 3.93. The van der Waals surface area contributed by atoms with Gasteiger partial charge in [0, 0.05) is 12.2 Å². The van der Waals surface area contributed by atoms with Gasteiger partial charge in [-0.3, -0.25) is 0 Å². The fourth-order valence-corrected chi connectivity index (χ4v) is 3.83. The molecule has 1 aromatic rings. The fourth-order valence-electron chi connectivity index (χ4n) is 2.53. The van der Waals surface area contributed by atoms with Gasteiger partial charge in [0.15, 0.2) is 0 Å². The molecule has 0 spiro atoms. The number of nitrogens with two attached hydrogens (primary N) is 1. The van der Waals surface area contributed by atoms with E-state index in [9.17, 15) is 12.8 Å².